The number of fused-ring (bicyclic) bond motifs is 3. The summed E-state index contributed by atoms with van der Waals surface area (Å²) in [7, 11) is 4.11. The van der Waals surface area contributed by atoms with Crippen molar-refractivity contribution in [3.8, 4) is 11.3 Å². The number of hydrogen-bond acceptors (Lipinski definition) is 3. The van der Waals surface area contributed by atoms with Gasteiger partial charge in [-0.2, -0.15) is 0 Å². The van der Waals surface area contributed by atoms with Crippen molar-refractivity contribution < 1.29 is 0 Å². The van der Waals surface area contributed by atoms with E-state index >= 15 is 0 Å². The molecule has 3 nitrogen and oxygen atoms in total. The van der Waals surface area contributed by atoms with Crippen molar-refractivity contribution in [2.75, 3.05) is 19.0 Å². The predicted molar refractivity (Wildman–Crippen MR) is 109 cm³/mol. The van der Waals surface area contributed by atoms with Gasteiger partial charge in [-0.05, 0) is 0 Å². The number of thiazole rings is 1. The first kappa shape index (κ1) is 15.8. The van der Waals surface area contributed by atoms with Crippen molar-refractivity contribution in [3.63, 3.8) is 0 Å². The molecule has 0 amide bonds. The van der Waals surface area contributed by atoms with Gasteiger partial charge in [-0.15, -0.1) is 0 Å². The zero-order valence-electron chi connectivity index (χ0n) is 14.1. The molecule has 0 aliphatic carbocycles. The van der Waals surface area contributed by atoms with Crippen molar-refractivity contribution in [2.45, 2.75) is 4.94 Å². The van der Waals surface area contributed by atoms with Crippen molar-refractivity contribution >= 4 is 59.6 Å². The van der Waals surface area contributed by atoms with Crippen LogP contribution in [0.4, 0.5) is 5.69 Å². The summed E-state index contributed by atoms with van der Waals surface area (Å²) in [5.74, 6) is 0. The van der Waals surface area contributed by atoms with Crippen LogP contribution in [0.25, 0.3) is 26.4 Å². The zero-order chi connectivity index (χ0) is 16.8. The Hall–Kier alpha value is -1.66. The molecule has 0 N–H and O–H groups in total. The second kappa shape index (κ2) is 6.01. The van der Waals surface area contributed by atoms with Crippen molar-refractivity contribution in [3.05, 3.63) is 48.7 Å². The fourth-order valence-electron chi connectivity index (χ4n) is 2.84. The molecule has 0 aliphatic rings. The van der Waals surface area contributed by atoms with Crippen LogP contribution in [0.5, 0.6) is 0 Å². The summed E-state index contributed by atoms with van der Waals surface area (Å²) >= 11 is 0.207. The predicted octanol–water partition coefficient (Wildman–Crippen LogP) is 3.63. The summed E-state index contributed by atoms with van der Waals surface area (Å²) in [6, 6.07) is 15.3. The number of aromatic nitrogens is 2. The first-order valence-corrected chi connectivity index (χ1v) is 15.0. The number of hydrogen-bond donors (Lipinski definition) is 0. The van der Waals surface area contributed by atoms with Crippen LogP contribution in [0.2, 0.25) is 4.94 Å². The summed E-state index contributed by atoms with van der Waals surface area (Å²) in [6.07, 6.45) is 2.15. The molecule has 0 saturated carbocycles. The fourth-order valence-corrected chi connectivity index (χ4v) is 6.35. The average Bonchev–Trinajstić information content (AvgIpc) is 3.11. The minimum atomic E-state index is -1.56. The van der Waals surface area contributed by atoms with Crippen LogP contribution in [-0.4, -0.2) is 47.3 Å². The maximum atomic E-state index is 4.84. The molecule has 5 heteroatoms. The van der Waals surface area contributed by atoms with Gasteiger partial charge in [0.05, 0.1) is 0 Å². The summed E-state index contributed by atoms with van der Waals surface area (Å²) in [6.45, 7) is 0. The van der Waals surface area contributed by atoms with Gasteiger partial charge in [0.15, 0.2) is 0 Å². The molecule has 0 radical (unpaired) electrons. The average molecular weight is 440 g/mol. The summed E-state index contributed by atoms with van der Waals surface area (Å²) in [4.78, 5) is 10.3. The molecule has 4 rings (SSSR count). The first-order chi connectivity index (χ1) is 11.5. The molecule has 0 fully saturated rings. The van der Waals surface area contributed by atoms with Gasteiger partial charge < -0.3 is 0 Å². The Balaban J connectivity index is 1.79. The molecular weight excluding hydrogens is 421 g/mol. The quantitative estimate of drug-likeness (QED) is 0.454. The topological polar surface area (TPSA) is 20.5 Å². The molecule has 2 heterocycles. The standard InChI is InChI=1S/C17H14N3S.CH3.CH2.Sn/c1-19(2)13-9-7-12(8-10-13)14-11-20-15-5-3-4-6-16(15)21-17(20)18-14;;;/h3,5-11H,1-2H3;1H3;1H2;. The van der Waals surface area contributed by atoms with Gasteiger partial charge in [0, 0.05) is 14.1 Å². The molecule has 2 aromatic carbocycles. The van der Waals surface area contributed by atoms with Gasteiger partial charge in [0.2, 0.25) is 0 Å². The SMILES string of the molecule is [CH2]=[Sn]([CH3])[c]1ccc2c(c1)sc1nc(-c3ccc(N(C)C)cc3)cn12. The Bertz CT molecular complexity index is 1060. The van der Waals surface area contributed by atoms with Crippen LogP contribution >= 0.6 is 11.3 Å². The number of rotatable bonds is 3. The van der Waals surface area contributed by atoms with Crippen LogP contribution in [0.3, 0.4) is 0 Å². The molecule has 2 aromatic heterocycles. The van der Waals surface area contributed by atoms with Crippen molar-refractivity contribution in [2.24, 2.45) is 0 Å². The Morgan fingerprint density at radius 1 is 1.12 bits per heavy atom. The van der Waals surface area contributed by atoms with Crippen LogP contribution < -0.4 is 8.48 Å². The molecule has 0 atom stereocenters. The third kappa shape index (κ3) is 2.67. The van der Waals surface area contributed by atoms with E-state index in [0.717, 1.165) is 16.2 Å². The van der Waals surface area contributed by atoms with Crippen LogP contribution in [0, 0.1) is 0 Å². The van der Waals surface area contributed by atoms with Gasteiger partial charge in [-0.25, -0.2) is 0 Å². The maximum absolute atomic E-state index is 4.84. The van der Waals surface area contributed by atoms with Crippen LogP contribution in [0.15, 0.2) is 48.7 Å². The van der Waals surface area contributed by atoms with E-state index in [1.807, 2.05) is 0 Å². The van der Waals surface area contributed by atoms with E-state index in [-0.39, 0.29) is 0 Å². The molecule has 4 aromatic rings. The van der Waals surface area contributed by atoms with E-state index < -0.39 is 19.3 Å². The summed E-state index contributed by atoms with van der Waals surface area (Å²) < 4.78 is 9.29. The van der Waals surface area contributed by atoms with E-state index in [1.54, 1.807) is 11.3 Å². The first-order valence-electron chi connectivity index (χ1n) is 7.88. The Kier molecular flexibility index (Phi) is 3.96. The third-order valence-corrected chi connectivity index (χ3v) is 8.98. The molecule has 0 saturated heterocycles. The van der Waals surface area contributed by atoms with Gasteiger partial charge in [0.1, 0.15) is 0 Å². The molecule has 0 spiro atoms. The monoisotopic (exact) mass is 441 g/mol. The Labute approximate surface area is 152 Å². The van der Waals surface area contributed by atoms with Gasteiger partial charge >= 0.3 is 139 Å². The molecule has 0 unspecified atom stereocenters. The van der Waals surface area contributed by atoms with E-state index in [2.05, 4.69) is 81.5 Å². The van der Waals surface area contributed by atoms with E-state index in [0.29, 0.717) is 0 Å². The molecular formula is C19H19N3SSn. The summed E-state index contributed by atoms with van der Waals surface area (Å²) in [5.41, 5.74) is 4.63. The second-order valence-corrected chi connectivity index (χ2v) is 13.4. The van der Waals surface area contributed by atoms with E-state index in [4.69, 9.17) is 4.98 Å². The Morgan fingerprint density at radius 3 is 2.54 bits per heavy atom. The minimum absolute atomic E-state index is 1.03. The molecule has 0 bridgehead atoms. The number of anilines is 1. The molecule has 24 heavy (non-hydrogen) atoms. The van der Waals surface area contributed by atoms with Gasteiger partial charge in [-0.3, -0.25) is 0 Å². The second-order valence-electron chi connectivity index (χ2n) is 6.28. The fraction of sp³-hybridized carbons (Fsp3) is 0.158. The number of nitrogens with zero attached hydrogens (tertiary/aromatic N) is 3. The van der Waals surface area contributed by atoms with Gasteiger partial charge in [0.25, 0.3) is 0 Å². The normalized spacial score (nSPS) is 11.3. The van der Waals surface area contributed by atoms with Crippen LogP contribution in [-0.2, 0) is 0 Å². The van der Waals surface area contributed by atoms with E-state index in [9.17, 15) is 0 Å². The van der Waals surface area contributed by atoms with Crippen LogP contribution in [0.1, 0.15) is 0 Å². The third-order valence-electron chi connectivity index (χ3n) is 4.27. The summed E-state index contributed by atoms with van der Waals surface area (Å²) in [5, 5.41) is 0. The number of benzene rings is 2. The molecule has 120 valence electrons. The Morgan fingerprint density at radius 2 is 1.88 bits per heavy atom. The van der Waals surface area contributed by atoms with Crippen molar-refractivity contribution in [1.82, 2.24) is 9.38 Å². The number of imidazole rings is 1. The van der Waals surface area contributed by atoms with E-state index in [1.165, 1.54) is 19.5 Å². The zero-order valence-corrected chi connectivity index (χ0v) is 17.7. The van der Waals surface area contributed by atoms with Gasteiger partial charge in [-0.1, -0.05) is 0 Å². The molecule has 0 aliphatic heterocycles. The van der Waals surface area contributed by atoms with Crippen molar-refractivity contribution in [1.29, 1.82) is 0 Å².